The standard InChI is InChI=1S/C12H14N4O3S/c1-8-4-2-3-5-10(8)16-20(18,19)9-6-11(14-7-9)12(17)15-13/h2-7,14,16H,13H2,1H3,(H,15,17). The smallest absolute Gasteiger partial charge is 0.281 e. The zero-order chi connectivity index (χ0) is 14.8. The number of aryl methyl sites for hydroxylation is 1. The maximum absolute atomic E-state index is 12.2. The number of carbonyl (C=O) groups is 1. The number of nitrogen functional groups attached to an aromatic ring is 1. The van der Waals surface area contributed by atoms with E-state index in [4.69, 9.17) is 5.84 Å². The first kappa shape index (κ1) is 14.1. The van der Waals surface area contributed by atoms with Gasteiger partial charge in [0, 0.05) is 6.20 Å². The predicted octanol–water partition coefficient (Wildman–Crippen LogP) is 0.727. The van der Waals surface area contributed by atoms with Gasteiger partial charge in [-0.15, -0.1) is 0 Å². The van der Waals surface area contributed by atoms with E-state index in [1.165, 1.54) is 12.3 Å². The average Bonchev–Trinajstić information content (AvgIpc) is 2.91. The van der Waals surface area contributed by atoms with E-state index >= 15 is 0 Å². The van der Waals surface area contributed by atoms with Crippen LogP contribution in [0.5, 0.6) is 0 Å². The molecular weight excluding hydrogens is 280 g/mol. The SMILES string of the molecule is Cc1ccccc1NS(=O)(=O)c1c[nH]c(C(=O)NN)c1. The molecule has 0 saturated heterocycles. The normalized spacial score (nSPS) is 11.1. The fourth-order valence-electron chi connectivity index (χ4n) is 1.63. The summed E-state index contributed by atoms with van der Waals surface area (Å²) in [6.07, 6.45) is 1.23. The second-order valence-corrected chi connectivity index (χ2v) is 5.83. The molecule has 2 rings (SSSR count). The maximum atomic E-state index is 12.2. The number of nitrogens with one attached hydrogen (secondary N) is 3. The molecule has 0 unspecified atom stereocenters. The van der Waals surface area contributed by atoms with E-state index in [0.29, 0.717) is 5.69 Å². The van der Waals surface area contributed by atoms with Crippen molar-refractivity contribution < 1.29 is 13.2 Å². The molecule has 7 nitrogen and oxygen atoms in total. The van der Waals surface area contributed by atoms with Crippen LogP contribution >= 0.6 is 0 Å². The number of anilines is 1. The average molecular weight is 294 g/mol. The van der Waals surface area contributed by atoms with Crippen molar-refractivity contribution in [3.8, 4) is 0 Å². The molecule has 5 N–H and O–H groups in total. The molecule has 1 aromatic heterocycles. The minimum Gasteiger partial charge on any atom is -0.356 e. The van der Waals surface area contributed by atoms with Crippen LogP contribution in [-0.4, -0.2) is 19.3 Å². The van der Waals surface area contributed by atoms with Crippen LogP contribution in [0.2, 0.25) is 0 Å². The van der Waals surface area contributed by atoms with Crippen molar-refractivity contribution in [1.82, 2.24) is 10.4 Å². The van der Waals surface area contributed by atoms with E-state index < -0.39 is 15.9 Å². The summed E-state index contributed by atoms with van der Waals surface area (Å²) in [5.74, 6) is 4.39. The summed E-state index contributed by atoms with van der Waals surface area (Å²) in [4.78, 5) is 13.8. The van der Waals surface area contributed by atoms with Crippen molar-refractivity contribution in [3.05, 3.63) is 47.8 Å². The number of H-pyrrole nitrogens is 1. The minimum atomic E-state index is -3.76. The van der Waals surface area contributed by atoms with E-state index in [9.17, 15) is 13.2 Å². The lowest BCUT2D eigenvalue weighted by Gasteiger charge is -2.08. The molecule has 0 spiro atoms. The highest BCUT2D eigenvalue weighted by molar-refractivity contribution is 7.92. The molecule has 1 aromatic carbocycles. The molecule has 0 aliphatic heterocycles. The van der Waals surface area contributed by atoms with Gasteiger partial charge < -0.3 is 4.98 Å². The number of amides is 1. The number of aromatic nitrogens is 1. The van der Waals surface area contributed by atoms with E-state index in [1.54, 1.807) is 25.1 Å². The van der Waals surface area contributed by atoms with Gasteiger partial charge in [0.15, 0.2) is 0 Å². The van der Waals surface area contributed by atoms with Crippen LogP contribution in [0.15, 0.2) is 41.4 Å². The maximum Gasteiger partial charge on any atom is 0.281 e. The number of benzene rings is 1. The first-order chi connectivity index (χ1) is 9.44. The highest BCUT2D eigenvalue weighted by atomic mass is 32.2. The van der Waals surface area contributed by atoms with Gasteiger partial charge in [0.2, 0.25) is 0 Å². The number of carbonyl (C=O) groups excluding carboxylic acids is 1. The zero-order valence-corrected chi connectivity index (χ0v) is 11.5. The molecule has 1 amide bonds. The van der Waals surface area contributed by atoms with Crippen molar-refractivity contribution in [2.75, 3.05) is 4.72 Å². The number of hydrogen-bond acceptors (Lipinski definition) is 4. The number of hydrazine groups is 1. The summed E-state index contributed by atoms with van der Waals surface area (Å²) >= 11 is 0. The molecule has 0 saturated carbocycles. The summed E-state index contributed by atoms with van der Waals surface area (Å²) in [7, 11) is -3.76. The van der Waals surface area contributed by atoms with E-state index in [2.05, 4.69) is 9.71 Å². The van der Waals surface area contributed by atoms with Gasteiger partial charge >= 0.3 is 0 Å². The number of rotatable bonds is 4. The molecular formula is C12H14N4O3S. The Morgan fingerprint density at radius 2 is 2.00 bits per heavy atom. The van der Waals surface area contributed by atoms with Crippen LogP contribution in [0.1, 0.15) is 16.1 Å². The van der Waals surface area contributed by atoms with Gasteiger partial charge in [-0.2, -0.15) is 0 Å². The lowest BCUT2D eigenvalue weighted by Crippen LogP contribution is -2.30. The Kier molecular flexibility index (Phi) is 3.77. The quantitative estimate of drug-likeness (QED) is 0.378. The van der Waals surface area contributed by atoms with Crippen LogP contribution in [0, 0.1) is 6.92 Å². The second kappa shape index (κ2) is 5.35. The zero-order valence-electron chi connectivity index (χ0n) is 10.7. The molecule has 8 heteroatoms. The van der Waals surface area contributed by atoms with E-state index in [0.717, 1.165) is 5.56 Å². The molecule has 0 bridgehead atoms. The van der Waals surface area contributed by atoms with Gasteiger partial charge in [0.05, 0.1) is 5.69 Å². The van der Waals surface area contributed by atoms with Crippen molar-refractivity contribution in [3.63, 3.8) is 0 Å². The first-order valence-electron chi connectivity index (χ1n) is 5.72. The van der Waals surface area contributed by atoms with Gasteiger partial charge in [-0.3, -0.25) is 14.9 Å². The Balaban J connectivity index is 2.29. The molecule has 0 aliphatic rings. The molecule has 2 aromatic rings. The summed E-state index contributed by atoms with van der Waals surface area (Å²) in [6.45, 7) is 1.79. The molecule has 0 aliphatic carbocycles. The Hall–Kier alpha value is -2.32. The Bertz CT molecular complexity index is 737. The third-order valence-electron chi connectivity index (χ3n) is 2.73. The number of nitrogens with two attached hydrogens (primary N) is 1. The number of hydrogen-bond donors (Lipinski definition) is 4. The van der Waals surface area contributed by atoms with Crippen LogP contribution in [0.3, 0.4) is 0 Å². The van der Waals surface area contributed by atoms with Crippen molar-refractivity contribution in [1.29, 1.82) is 0 Å². The van der Waals surface area contributed by atoms with Gasteiger partial charge in [0.25, 0.3) is 15.9 Å². The molecule has 106 valence electrons. The fraction of sp³-hybridized carbons (Fsp3) is 0.0833. The first-order valence-corrected chi connectivity index (χ1v) is 7.20. The van der Waals surface area contributed by atoms with E-state index in [1.807, 2.05) is 11.5 Å². The summed E-state index contributed by atoms with van der Waals surface area (Å²) in [6, 6.07) is 8.21. The molecule has 20 heavy (non-hydrogen) atoms. The predicted molar refractivity (Wildman–Crippen MR) is 74.4 cm³/mol. The third-order valence-corrected chi connectivity index (χ3v) is 4.08. The van der Waals surface area contributed by atoms with Crippen LogP contribution in [0.25, 0.3) is 0 Å². The van der Waals surface area contributed by atoms with Gasteiger partial charge in [-0.1, -0.05) is 18.2 Å². The lowest BCUT2D eigenvalue weighted by atomic mass is 10.2. The van der Waals surface area contributed by atoms with Gasteiger partial charge in [0.1, 0.15) is 10.6 Å². The largest absolute Gasteiger partial charge is 0.356 e. The highest BCUT2D eigenvalue weighted by Crippen LogP contribution is 2.19. The topological polar surface area (TPSA) is 117 Å². The number of para-hydroxylation sites is 1. The van der Waals surface area contributed by atoms with Crippen molar-refractivity contribution in [2.45, 2.75) is 11.8 Å². The highest BCUT2D eigenvalue weighted by Gasteiger charge is 2.18. The van der Waals surface area contributed by atoms with Crippen LogP contribution in [0.4, 0.5) is 5.69 Å². The van der Waals surface area contributed by atoms with Gasteiger partial charge in [-0.25, -0.2) is 14.3 Å². The number of aromatic amines is 1. The number of sulfonamides is 1. The Morgan fingerprint density at radius 3 is 2.65 bits per heavy atom. The van der Waals surface area contributed by atoms with Gasteiger partial charge in [-0.05, 0) is 24.6 Å². The molecule has 0 radical (unpaired) electrons. The molecule has 0 atom stereocenters. The Morgan fingerprint density at radius 1 is 1.30 bits per heavy atom. The fourth-order valence-corrected chi connectivity index (χ4v) is 2.75. The lowest BCUT2D eigenvalue weighted by molar-refractivity contribution is 0.0949. The summed E-state index contributed by atoms with van der Waals surface area (Å²) in [5, 5.41) is 0. The molecule has 1 heterocycles. The van der Waals surface area contributed by atoms with Crippen LogP contribution < -0.4 is 16.0 Å². The minimum absolute atomic E-state index is 0.0423. The molecule has 0 fully saturated rings. The summed E-state index contributed by atoms with van der Waals surface area (Å²) in [5.41, 5.74) is 3.27. The monoisotopic (exact) mass is 294 g/mol. The van der Waals surface area contributed by atoms with E-state index in [-0.39, 0.29) is 10.6 Å². The van der Waals surface area contributed by atoms with Crippen molar-refractivity contribution >= 4 is 21.6 Å². The van der Waals surface area contributed by atoms with Crippen molar-refractivity contribution in [2.24, 2.45) is 5.84 Å². The summed E-state index contributed by atoms with van der Waals surface area (Å²) < 4.78 is 26.8. The second-order valence-electron chi connectivity index (χ2n) is 4.14. The Labute approximate surface area is 116 Å². The third kappa shape index (κ3) is 2.81. The van der Waals surface area contributed by atoms with Crippen LogP contribution in [-0.2, 0) is 10.0 Å².